The van der Waals surface area contributed by atoms with Crippen LogP contribution in [0.5, 0.6) is 0 Å². The molecule has 0 radical (unpaired) electrons. The molecule has 34 heavy (non-hydrogen) atoms. The number of rotatable bonds is 4. The van der Waals surface area contributed by atoms with Gasteiger partial charge in [-0.3, -0.25) is 4.79 Å². The summed E-state index contributed by atoms with van der Waals surface area (Å²) in [5.74, 6) is -0.213. The Morgan fingerprint density at radius 3 is 2.38 bits per heavy atom. The number of aryl methyl sites for hydroxylation is 2. The maximum absolute atomic E-state index is 13.3. The van der Waals surface area contributed by atoms with Crippen molar-refractivity contribution in [2.24, 2.45) is 5.92 Å². The molecule has 2 fully saturated rings. The smallest absolute Gasteiger partial charge is 0.243 e. The van der Waals surface area contributed by atoms with Gasteiger partial charge in [0.1, 0.15) is 0 Å². The van der Waals surface area contributed by atoms with Gasteiger partial charge >= 0.3 is 0 Å². The molecule has 0 N–H and O–H groups in total. The summed E-state index contributed by atoms with van der Waals surface area (Å²) in [5.41, 5.74) is 3.50. The number of thiazole rings is 1. The van der Waals surface area contributed by atoms with E-state index in [9.17, 15) is 13.2 Å². The van der Waals surface area contributed by atoms with Gasteiger partial charge in [-0.1, -0.05) is 41.7 Å². The summed E-state index contributed by atoms with van der Waals surface area (Å²) in [6.07, 6.45) is 1.43. The predicted molar refractivity (Wildman–Crippen MR) is 136 cm³/mol. The summed E-state index contributed by atoms with van der Waals surface area (Å²) in [6.45, 7) is 7.67. The van der Waals surface area contributed by atoms with Gasteiger partial charge in [-0.25, -0.2) is 13.4 Å². The highest BCUT2D eigenvalue weighted by atomic mass is 32.2. The molecule has 2 aliphatic heterocycles. The maximum Gasteiger partial charge on any atom is 0.243 e. The minimum atomic E-state index is -3.58. The van der Waals surface area contributed by atoms with E-state index in [1.165, 1.54) is 20.1 Å². The number of aromatic nitrogens is 1. The second-order valence-corrected chi connectivity index (χ2v) is 12.1. The third-order valence-electron chi connectivity index (χ3n) is 6.91. The molecule has 2 aliphatic rings. The zero-order chi connectivity index (χ0) is 23.9. The highest BCUT2D eigenvalue weighted by Gasteiger charge is 2.36. The van der Waals surface area contributed by atoms with Crippen LogP contribution in [0, 0.1) is 19.8 Å². The summed E-state index contributed by atoms with van der Waals surface area (Å²) in [4.78, 5) is 22.7. The van der Waals surface area contributed by atoms with Crippen molar-refractivity contribution in [3.8, 4) is 0 Å². The summed E-state index contributed by atoms with van der Waals surface area (Å²) in [6, 6.07) is 12.7. The summed E-state index contributed by atoms with van der Waals surface area (Å²) in [7, 11) is -3.58. The van der Waals surface area contributed by atoms with Crippen LogP contribution >= 0.6 is 11.3 Å². The van der Waals surface area contributed by atoms with Crippen molar-refractivity contribution in [3.63, 3.8) is 0 Å². The van der Waals surface area contributed by atoms with Crippen LogP contribution in [0.3, 0.4) is 0 Å². The SMILES string of the molecule is Cc1ccc(C)c2sc(N3CCN(C(=O)C4CCCN(S(=O)(=O)c5ccccc5)C4)CC3)nc12. The van der Waals surface area contributed by atoms with Gasteiger partial charge in [0.15, 0.2) is 5.13 Å². The summed E-state index contributed by atoms with van der Waals surface area (Å²) < 4.78 is 28.8. The van der Waals surface area contributed by atoms with E-state index in [2.05, 4.69) is 30.9 Å². The van der Waals surface area contributed by atoms with Gasteiger partial charge in [0, 0.05) is 39.3 Å². The average Bonchev–Trinajstić information content (AvgIpc) is 3.34. The van der Waals surface area contributed by atoms with Crippen LogP contribution in [0.15, 0.2) is 47.4 Å². The van der Waals surface area contributed by atoms with Crippen molar-refractivity contribution in [2.45, 2.75) is 31.6 Å². The number of piperidine rings is 1. The first-order valence-electron chi connectivity index (χ1n) is 11.8. The molecule has 2 saturated heterocycles. The lowest BCUT2D eigenvalue weighted by molar-refractivity contribution is -0.137. The van der Waals surface area contributed by atoms with Crippen molar-refractivity contribution in [1.82, 2.24) is 14.2 Å². The highest BCUT2D eigenvalue weighted by Crippen LogP contribution is 2.33. The van der Waals surface area contributed by atoms with Crippen LogP contribution in [0.4, 0.5) is 5.13 Å². The van der Waals surface area contributed by atoms with Gasteiger partial charge in [0.25, 0.3) is 0 Å². The van der Waals surface area contributed by atoms with E-state index < -0.39 is 10.0 Å². The minimum absolute atomic E-state index is 0.0728. The van der Waals surface area contributed by atoms with Crippen molar-refractivity contribution < 1.29 is 13.2 Å². The fourth-order valence-corrected chi connectivity index (χ4v) is 7.57. The molecule has 1 atom stereocenters. The van der Waals surface area contributed by atoms with Gasteiger partial charge in [0.2, 0.25) is 15.9 Å². The number of nitrogens with zero attached hydrogens (tertiary/aromatic N) is 4. The first kappa shape index (κ1) is 23.3. The van der Waals surface area contributed by atoms with E-state index in [0.29, 0.717) is 26.1 Å². The van der Waals surface area contributed by atoms with E-state index in [4.69, 9.17) is 4.98 Å². The number of sulfonamides is 1. The number of anilines is 1. The predicted octanol–water partition coefficient (Wildman–Crippen LogP) is 3.66. The molecule has 5 rings (SSSR count). The lowest BCUT2D eigenvalue weighted by Crippen LogP contribution is -2.53. The molecule has 1 amide bonds. The number of amides is 1. The zero-order valence-electron chi connectivity index (χ0n) is 19.6. The summed E-state index contributed by atoms with van der Waals surface area (Å²) in [5, 5.41) is 1.01. The van der Waals surface area contributed by atoms with Gasteiger partial charge in [-0.15, -0.1) is 0 Å². The van der Waals surface area contributed by atoms with Crippen molar-refractivity contribution in [3.05, 3.63) is 53.6 Å². The Morgan fingerprint density at radius 2 is 1.68 bits per heavy atom. The fraction of sp³-hybridized carbons (Fsp3) is 0.440. The Labute approximate surface area is 205 Å². The second kappa shape index (κ2) is 9.28. The van der Waals surface area contributed by atoms with Crippen molar-refractivity contribution in [2.75, 3.05) is 44.2 Å². The number of carbonyl (C=O) groups excluding carboxylic acids is 1. The molecule has 0 aliphatic carbocycles. The normalized spacial score (nSPS) is 20.1. The molecular weight excluding hydrogens is 468 g/mol. The molecule has 0 saturated carbocycles. The molecule has 9 heteroatoms. The van der Waals surface area contributed by atoms with Gasteiger partial charge in [-0.2, -0.15) is 4.31 Å². The number of fused-ring (bicyclic) bond motifs is 1. The number of hydrogen-bond donors (Lipinski definition) is 0. The van der Waals surface area contributed by atoms with Gasteiger partial charge in [-0.05, 0) is 49.9 Å². The molecule has 2 aromatic carbocycles. The Kier molecular flexibility index (Phi) is 6.35. The zero-order valence-corrected chi connectivity index (χ0v) is 21.2. The first-order valence-corrected chi connectivity index (χ1v) is 14.1. The van der Waals surface area contributed by atoms with Crippen molar-refractivity contribution >= 4 is 42.6 Å². The van der Waals surface area contributed by atoms with E-state index >= 15 is 0 Å². The van der Waals surface area contributed by atoms with Crippen molar-refractivity contribution in [1.29, 1.82) is 0 Å². The number of carbonyl (C=O) groups is 1. The van der Waals surface area contributed by atoms with Gasteiger partial charge < -0.3 is 9.80 Å². The van der Waals surface area contributed by atoms with E-state index in [1.54, 1.807) is 41.7 Å². The van der Waals surface area contributed by atoms with Crippen LogP contribution in [0.2, 0.25) is 0 Å². The molecule has 0 spiro atoms. The fourth-order valence-electron chi connectivity index (χ4n) is 4.86. The monoisotopic (exact) mass is 498 g/mol. The van der Waals surface area contributed by atoms with E-state index in [0.717, 1.165) is 30.2 Å². The molecule has 3 heterocycles. The molecule has 180 valence electrons. The molecular formula is C25H30N4O3S2. The maximum atomic E-state index is 13.3. The third-order valence-corrected chi connectivity index (χ3v) is 10.0. The Bertz CT molecular complexity index is 1260. The van der Waals surface area contributed by atoms with Crippen LogP contribution in [-0.4, -0.2) is 67.8 Å². The number of hydrogen-bond acceptors (Lipinski definition) is 6. The largest absolute Gasteiger partial charge is 0.345 e. The number of piperazine rings is 1. The lowest BCUT2D eigenvalue weighted by atomic mass is 9.98. The second-order valence-electron chi connectivity index (χ2n) is 9.20. The van der Waals surface area contributed by atoms with E-state index in [-0.39, 0.29) is 23.3 Å². The van der Waals surface area contributed by atoms with Gasteiger partial charge in [0.05, 0.1) is 21.0 Å². The standard InChI is InChI=1S/C25H30N4O3S2/c1-18-10-11-19(2)23-22(18)26-25(33-23)28-15-13-27(14-16-28)24(30)20-7-6-12-29(17-20)34(31,32)21-8-4-3-5-9-21/h3-5,8-11,20H,6-7,12-17H2,1-2H3. The van der Waals surface area contributed by atoms with Crippen LogP contribution in [0.1, 0.15) is 24.0 Å². The highest BCUT2D eigenvalue weighted by molar-refractivity contribution is 7.89. The minimum Gasteiger partial charge on any atom is -0.345 e. The van der Waals surface area contributed by atoms with Crippen LogP contribution in [0.25, 0.3) is 10.2 Å². The molecule has 3 aromatic rings. The molecule has 0 bridgehead atoms. The summed E-state index contributed by atoms with van der Waals surface area (Å²) >= 11 is 1.72. The van der Waals surface area contributed by atoms with E-state index in [1.807, 2.05) is 4.90 Å². The first-order chi connectivity index (χ1) is 16.3. The lowest BCUT2D eigenvalue weighted by Gasteiger charge is -2.38. The average molecular weight is 499 g/mol. The molecule has 7 nitrogen and oxygen atoms in total. The topological polar surface area (TPSA) is 73.8 Å². The Balaban J connectivity index is 1.24. The Hall–Kier alpha value is -2.49. The quantitative estimate of drug-likeness (QED) is 0.549. The van der Waals surface area contributed by atoms with Crippen LogP contribution in [-0.2, 0) is 14.8 Å². The number of benzene rings is 2. The van der Waals surface area contributed by atoms with Crippen LogP contribution < -0.4 is 4.90 Å². The Morgan fingerprint density at radius 1 is 0.971 bits per heavy atom. The molecule has 1 unspecified atom stereocenters. The molecule has 1 aromatic heterocycles. The third kappa shape index (κ3) is 4.32.